The number of aliphatic hydroxyl groups is 1. The summed E-state index contributed by atoms with van der Waals surface area (Å²) >= 11 is 0. The van der Waals surface area contributed by atoms with Crippen molar-refractivity contribution in [2.75, 3.05) is 5.32 Å². The van der Waals surface area contributed by atoms with Gasteiger partial charge in [0.1, 0.15) is 5.82 Å². The van der Waals surface area contributed by atoms with Crippen LogP contribution in [0, 0.1) is 5.82 Å². The third kappa shape index (κ3) is 3.43. The minimum atomic E-state index is -0.474. The molecule has 0 radical (unpaired) electrons. The van der Waals surface area contributed by atoms with Gasteiger partial charge in [0, 0.05) is 5.69 Å². The van der Waals surface area contributed by atoms with Crippen molar-refractivity contribution in [3.8, 4) is 0 Å². The topological polar surface area (TPSA) is 61.4 Å². The van der Waals surface area contributed by atoms with Gasteiger partial charge in [0.05, 0.1) is 12.1 Å². The van der Waals surface area contributed by atoms with Crippen LogP contribution in [-0.2, 0) is 0 Å². The Kier molecular flexibility index (Phi) is 4.15. The van der Waals surface area contributed by atoms with Crippen LogP contribution in [0.2, 0.25) is 0 Å². The van der Waals surface area contributed by atoms with Crippen LogP contribution in [-0.4, -0.2) is 23.3 Å². The van der Waals surface area contributed by atoms with E-state index in [0.717, 1.165) is 25.7 Å². The molecule has 0 aliphatic heterocycles. The summed E-state index contributed by atoms with van der Waals surface area (Å²) in [6.07, 6.45) is 3.05. The largest absolute Gasteiger partial charge is 0.391 e. The van der Waals surface area contributed by atoms with Crippen LogP contribution in [0.3, 0.4) is 0 Å². The highest BCUT2D eigenvalue weighted by molar-refractivity contribution is 5.89. The summed E-state index contributed by atoms with van der Waals surface area (Å²) < 4.78 is 12.7. The summed E-state index contributed by atoms with van der Waals surface area (Å²) in [6.45, 7) is 0. The zero-order chi connectivity index (χ0) is 13.0. The number of hydrogen-bond donors (Lipinski definition) is 3. The lowest BCUT2D eigenvalue weighted by Crippen LogP contribution is -2.46. The van der Waals surface area contributed by atoms with E-state index >= 15 is 0 Å². The summed E-state index contributed by atoms with van der Waals surface area (Å²) in [7, 11) is 0. The Labute approximate surface area is 105 Å². The molecule has 0 spiro atoms. The van der Waals surface area contributed by atoms with Crippen molar-refractivity contribution >= 4 is 11.7 Å². The minimum Gasteiger partial charge on any atom is -0.391 e. The van der Waals surface area contributed by atoms with Crippen LogP contribution in [0.5, 0.6) is 0 Å². The Balaban J connectivity index is 1.86. The van der Waals surface area contributed by atoms with Gasteiger partial charge in [0.25, 0.3) is 0 Å². The van der Waals surface area contributed by atoms with Crippen molar-refractivity contribution in [2.45, 2.75) is 37.8 Å². The van der Waals surface area contributed by atoms with Gasteiger partial charge in [-0.3, -0.25) is 0 Å². The maximum atomic E-state index is 12.7. The van der Waals surface area contributed by atoms with Crippen molar-refractivity contribution in [1.29, 1.82) is 0 Å². The number of carbonyl (C=O) groups excluding carboxylic acids is 1. The Morgan fingerprint density at radius 2 is 1.89 bits per heavy atom. The van der Waals surface area contributed by atoms with E-state index in [9.17, 15) is 14.3 Å². The van der Waals surface area contributed by atoms with Gasteiger partial charge in [-0.15, -0.1) is 0 Å². The van der Waals surface area contributed by atoms with Gasteiger partial charge in [-0.2, -0.15) is 0 Å². The molecule has 1 aliphatic rings. The molecule has 2 rings (SSSR count). The van der Waals surface area contributed by atoms with Crippen molar-refractivity contribution in [3.63, 3.8) is 0 Å². The molecule has 0 unspecified atom stereocenters. The standard InChI is InChI=1S/C13H17FN2O2/c14-9-5-7-10(8-6-9)15-13(18)16-11-3-1-2-4-12(11)17/h5-8,11-12,17H,1-4H2,(H2,15,16,18)/t11-,12-/m0/s1. The number of nitrogens with one attached hydrogen (secondary N) is 2. The maximum absolute atomic E-state index is 12.7. The maximum Gasteiger partial charge on any atom is 0.319 e. The van der Waals surface area contributed by atoms with Gasteiger partial charge in [-0.05, 0) is 37.1 Å². The number of amides is 2. The number of rotatable bonds is 2. The van der Waals surface area contributed by atoms with Crippen molar-refractivity contribution in [1.82, 2.24) is 5.32 Å². The molecule has 98 valence electrons. The molecule has 1 fully saturated rings. The molecular weight excluding hydrogens is 235 g/mol. The summed E-state index contributed by atoms with van der Waals surface area (Å²) in [5, 5.41) is 15.1. The molecule has 4 nitrogen and oxygen atoms in total. The quantitative estimate of drug-likeness (QED) is 0.756. The SMILES string of the molecule is O=C(Nc1ccc(F)cc1)N[C@H]1CCCC[C@@H]1O. The predicted molar refractivity (Wildman–Crippen MR) is 66.8 cm³/mol. The first kappa shape index (κ1) is 12.8. The molecule has 3 N–H and O–H groups in total. The van der Waals surface area contributed by atoms with Crippen molar-refractivity contribution < 1.29 is 14.3 Å². The van der Waals surface area contributed by atoms with Crippen LogP contribution in [0.15, 0.2) is 24.3 Å². The molecule has 0 aromatic heterocycles. The molecule has 0 bridgehead atoms. The van der Waals surface area contributed by atoms with E-state index in [1.54, 1.807) is 0 Å². The van der Waals surface area contributed by atoms with Gasteiger partial charge in [0.2, 0.25) is 0 Å². The molecule has 0 heterocycles. The molecule has 2 amide bonds. The highest BCUT2D eigenvalue weighted by atomic mass is 19.1. The number of halogens is 1. The summed E-state index contributed by atoms with van der Waals surface area (Å²) in [5.41, 5.74) is 0.527. The highest BCUT2D eigenvalue weighted by Gasteiger charge is 2.24. The van der Waals surface area contributed by atoms with Gasteiger partial charge in [-0.25, -0.2) is 9.18 Å². The second kappa shape index (κ2) is 5.82. The Hall–Kier alpha value is -1.62. The number of carbonyl (C=O) groups is 1. The van der Waals surface area contributed by atoms with Gasteiger partial charge in [0.15, 0.2) is 0 Å². The third-order valence-electron chi connectivity index (χ3n) is 3.15. The van der Waals surface area contributed by atoms with Crippen LogP contribution in [0.1, 0.15) is 25.7 Å². The molecule has 5 heteroatoms. The van der Waals surface area contributed by atoms with E-state index in [0.29, 0.717) is 5.69 Å². The molecule has 1 saturated carbocycles. The highest BCUT2D eigenvalue weighted by Crippen LogP contribution is 2.18. The molecule has 1 aromatic carbocycles. The van der Waals surface area contributed by atoms with E-state index in [2.05, 4.69) is 10.6 Å². The number of hydrogen-bond acceptors (Lipinski definition) is 2. The molecule has 2 atom stereocenters. The second-order valence-corrected chi connectivity index (χ2v) is 4.56. The van der Waals surface area contributed by atoms with Crippen LogP contribution >= 0.6 is 0 Å². The van der Waals surface area contributed by atoms with Crippen LogP contribution in [0.25, 0.3) is 0 Å². The summed E-state index contributed by atoms with van der Waals surface area (Å²) in [5.74, 6) is -0.344. The lowest BCUT2D eigenvalue weighted by atomic mass is 9.93. The van der Waals surface area contributed by atoms with Gasteiger partial charge < -0.3 is 15.7 Å². The zero-order valence-corrected chi connectivity index (χ0v) is 10.0. The van der Waals surface area contributed by atoms with E-state index < -0.39 is 6.10 Å². The fourth-order valence-corrected chi connectivity index (χ4v) is 2.15. The normalized spacial score (nSPS) is 23.4. The second-order valence-electron chi connectivity index (χ2n) is 4.56. The van der Waals surface area contributed by atoms with Crippen molar-refractivity contribution in [2.24, 2.45) is 0 Å². The van der Waals surface area contributed by atoms with E-state index in [1.807, 2.05) is 0 Å². The Bertz CT molecular complexity index is 408. The third-order valence-corrected chi connectivity index (χ3v) is 3.15. The Morgan fingerprint density at radius 1 is 1.22 bits per heavy atom. The number of aliphatic hydroxyl groups excluding tert-OH is 1. The molecule has 18 heavy (non-hydrogen) atoms. The fraction of sp³-hybridized carbons (Fsp3) is 0.462. The van der Waals surface area contributed by atoms with E-state index in [-0.39, 0.29) is 17.9 Å². The molecular formula is C13H17FN2O2. The number of urea groups is 1. The first-order valence-corrected chi connectivity index (χ1v) is 6.16. The number of benzene rings is 1. The minimum absolute atomic E-state index is 0.195. The summed E-state index contributed by atoms with van der Waals surface area (Å²) in [4.78, 5) is 11.7. The average Bonchev–Trinajstić information content (AvgIpc) is 2.35. The first-order valence-electron chi connectivity index (χ1n) is 6.16. The first-order chi connectivity index (χ1) is 8.65. The van der Waals surface area contributed by atoms with Crippen LogP contribution < -0.4 is 10.6 Å². The van der Waals surface area contributed by atoms with E-state index in [4.69, 9.17) is 0 Å². The molecule has 1 aliphatic carbocycles. The average molecular weight is 252 g/mol. The fourth-order valence-electron chi connectivity index (χ4n) is 2.15. The number of anilines is 1. The lowest BCUT2D eigenvalue weighted by Gasteiger charge is -2.28. The monoisotopic (exact) mass is 252 g/mol. The lowest BCUT2D eigenvalue weighted by molar-refractivity contribution is 0.0955. The zero-order valence-electron chi connectivity index (χ0n) is 10.0. The predicted octanol–water partition coefficient (Wildman–Crippen LogP) is 2.25. The summed E-state index contributed by atoms with van der Waals surface area (Å²) in [6, 6.07) is 4.99. The molecule has 0 saturated heterocycles. The Morgan fingerprint density at radius 3 is 2.56 bits per heavy atom. The van der Waals surface area contributed by atoms with Crippen LogP contribution in [0.4, 0.5) is 14.9 Å². The smallest absolute Gasteiger partial charge is 0.319 e. The van der Waals surface area contributed by atoms with Gasteiger partial charge in [-0.1, -0.05) is 12.8 Å². The molecule has 1 aromatic rings. The van der Waals surface area contributed by atoms with E-state index in [1.165, 1.54) is 24.3 Å². The van der Waals surface area contributed by atoms with Crippen molar-refractivity contribution in [3.05, 3.63) is 30.1 Å². The van der Waals surface area contributed by atoms with Gasteiger partial charge >= 0.3 is 6.03 Å².